The fourth-order valence-corrected chi connectivity index (χ4v) is 4.02. The summed E-state index contributed by atoms with van der Waals surface area (Å²) in [4.78, 5) is 29.7. The average molecular weight is 503 g/mol. The van der Waals surface area contributed by atoms with Crippen molar-refractivity contribution in [2.75, 3.05) is 25.0 Å². The molecule has 0 saturated carbocycles. The Morgan fingerprint density at radius 3 is 2.59 bits per heavy atom. The van der Waals surface area contributed by atoms with Gasteiger partial charge in [-0.3, -0.25) is 4.79 Å². The summed E-state index contributed by atoms with van der Waals surface area (Å²) < 4.78 is 17.2. The lowest BCUT2D eigenvalue weighted by Gasteiger charge is -2.33. The number of nitrogens with zero attached hydrogens (tertiary/aromatic N) is 3. The molecule has 0 radical (unpaired) electrons. The molecule has 1 amide bonds. The zero-order valence-electron chi connectivity index (χ0n) is 21.2. The number of oxazole rings is 1. The van der Waals surface area contributed by atoms with Crippen LogP contribution in [0.4, 0.5) is 10.5 Å². The lowest BCUT2D eigenvalue weighted by Crippen LogP contribution is -2.43. The van der Waals surface area contributed by atoms with Gasteiger partial charge in [-0.1, -0.05) is 6.58 Å². The van der Waals surface area contributed by atoms with Crippen molar-refractivity contribution in [2.45, 2.75) is 45.3 Å². The molecule has 0 atom stereocenters. The molecule has 0 bridgehead atoms. The highest BCUT2D eigenvalue weighted by Crippen LogP contribution is 2.28. The Morgan fingerprint density at radius 2 is 1.97 bits per heavy atom. The number of nitriles is 1. The summed E-state index contributed by atoms with van der Waals surface area (Å²) in [5, 5.41) is 12.4. The predicted octanol–water partition coefficient (Wildman–Crippen LogP) is 5.52. The van der Waals surface area contributed by atoms with Crippen LogP contribution in [0.2, 0.25) is 0 Å². The largest absolute Gasteiger partial charge is 0.444 e. The molecule has 1 aromatic heterocycles. The Labute approximate surface area is 215 Å². The molecule has 3 aromatic rings. The van der Waals surface area contributed by atoms with E-state index in [0.29, 0.717) is 54.2 Å². The van der Waals surface area contributed by atoms with E-state index in [2.05, 4.69) is 16.9 Å². The molecule has 0 unspecified atom stereocenters. The molecule has 2 heterocycles. The molecule has 1 N–H and O–H groups in total. The highest BCUT2D eigenvalue weighted by atomic mass is 16.6. The van der Waals surface area contributed by atoms with Crippen LogP contribution in [0.5, 0.6) is 0 Å². The van der Waals surface area contributed by atoms with Gasteiger partial charge in [0.15, 0.2) is 11.9 Å². The molecule has 1 saturated heterocycles. The summed E-state index contributed by atoms with van der Waals surface area (Å²) in [5.74, 6) is 0.361. The smallest absolute Gasteiger partial charge is 0.410 e. The first-order chi connectivity index (χ1) is 17.6. The Kier molecular flexibility index (Phi) is 7.60. The topological polar surface area (TPSA) is 118 Å². The molecule has 9 nitrogen and oxygen atoms in total. The van der Waals surface area contributed by atoms with Crippen molar-refractivity contribution in [2.24, 2.45) is 0 Å². The molecule has 0 aliphatic carbocycles. The van der Waals surface area contributed by atoms with E-state index in [1.54, 1.807) is 11.0 Å². The number of fused-ring (bicyclic) bond motifs is 1. The highest BCUT2D eigenvalue weighted by Gasteiger charge is 2.27. The number of hydrogen-bond donors (Lipinski definition) is 1. The summed E-state index contributed by atoms with van der Waals surface area (Å²) in [7, 11) is 0. The number of aromatic nitrogens is 1. The number of carbonyl (C=O) groups is 2. The van der Waals surface area contributed by atoms with Gasteiger partial charge in [0.25, 0.3) is 0 Å². The normalized spacial score (nSPS) is 14.3. The summed E-state index contributed by atoms with van der Waals surface area (Å²) in [5.41, 5.74) is 3.22. The van der Waals surface area contributed by atoms with Crippen LogP contribution in [0.3, 0.4) is 0 Å². The number of rotatable bonds is 7. The zero-order chi connectivity index (χ0) is 26.6. The first-order valence-electron chi connectivity index (χ1n) is 12.1. The van der Waals surface area contributed by atoms with Gasteiger partial charge in [-0.15, -0.1) is 0 Å². The second-order valence-corrected chi connectivity index (χ2v) is 9.95. The lowest BCUT2D eigenvalue weighted by molar-refractivity contribution is -0.00582. The zero-order valence-corrected chi connectivity index (χ0v) is 21.2. The van der Waals surface area contributed by atoms with Crippen LogP contribution in [0.1, 0.15) is 49.5 Å². The third-order valence-corrected chi connectivity index (χ3v) is 5.81. The van der Waals surface area contributed by atoms with E-state index in [1.807, 2.05) is 51.1 Å². The first kappa shape index (κ1) is 25.9. The number of likely N-dealkylation sites (tertiary alicyclic amines) is 1. The van der Waals surface area contributed by atoms with Gasteiger partial charge in [0.2, 0.25) is 5.89 Å². The molecule has 37 heavy (non-hydrogen) atoms. The number of carbonyl (C=O) groups excluding carboxylic acids is 2. The fourth-order valence-electron chi connectivity index (χ4n) is 4.02. The van der Waals surface area contributed by atoms with Gasteiger partial charge in [0.1, 0.15) is 11.1 Å². The molecule has 4 rings (SSSR count). The first-order valence-corrected chi connectivity index (χ1v) is 12.1. The van der Waals surface area contributed by atoms with Gasteiger partial charge >= 0.3 is 6.09 Å². The quantitative estimate of drug-likeness (QED) is 0.420. The number of aldehydes is 1. The van der Waals surface area contributed by atoms with E-state index in [0.717, 1.165) is 24.1 Å². The Balaban J connectivity index is 1.28. The van der Waals surface area contributed by atoms with Gasteiger partial charge in [0, 0.05) is 30.0 Å². The van der Waals surface area contributed by atoms with Crippen molar-refractivity contribution in [1.82, 2.24) is 9.88 Å². The van der Waals surface area contributed by atoms with Gasteiger partial charge in [-0.05, 0) is 70.0 Å². The molecule has 0 spiro atoms. The van der Waals surface area contributed by atoms with Gasteiger partial charge in [-0.25, -0.2) is 9.78 Å². The number of ether oxygens (including phenoxy) is 2. The van der Waals surface area contributed by atoms with E-state index in [4.69, 9.17) is 19.2 Å². The Morgan fingerprint density at radius 1 is 1.27 bits per heavy atom. The number of benzene rings is 2. The Bertz CT molecular complexity index is 1340. The molecule has 1 aliphatic heterocycles. The van der Waals surface area contributed by atoms with Crippen molar-refractivity contribution in [3.05, 3.63) is 59.8 Å². The van der Waals surface area contributed by atoms with Crippen LogP contribution >= 0.6 is 0 Å². The number of piperidine rings is 1. The van der Waals surface area contributed by atoms with E-state index in [9.17, 15) is 9.59 Å². The van der Waals surface area contributed by atoms with Gasteiger partial charge in [-0.2, -0.15) is 5.26 Å². The molecular formula is C28H30N4O5. The molecule has 1 aliphatic rings. The summed E-state index contributed by atoms with van der Waals surface area (Å²) in [6.45, 7) is 11.2. The van der Waals surface area contributed by atoms with Crippen LogP contribution in [0.25, 0.3) is 22.6 Å². The van der Waals surface area contributed by atoms with Crippen molar-refractivity contribution in [3.63, 3.8) is 0 Å². The summed E-state index contributed by atoms with van der Waals surface area (Å²) in [6.07, 6.45) is 1.91. The third kappa shape index (κ3) is 6.54. The SMILES string of the molecule is C=C(COC1CCN(C(=O)OC(C)(C)C)CC1)Nc1ccc(-c2nc3cc(C#N)cc(C=O)c3o2)cc1. The monoisotopic (exact) mass is 502 g/mol. The van der Waals surface area contributed by atoms with E-state index in [-0.39, 0.29) is 17.8 Å². The number of nitrogens with one attached hydrogen (secondary N) is 1. The van der Waals surface area contributed by atoms with Crippen molar-refractivity contribution in [1.29, 1.82) is 5.26 Å². The maximum Gasteiger partial charge on any atom is 0.410 e. The summed E-state index contributed by atoms with van der Waals surface area (Å²) in [6, 6.07) is 12.5. The average Bonchev–Trinajstić information content (AvgIpc) is 3.31. The maximum atomic E-state index is 12.2. The molecular weight excluding hydrogens is 472 g/mol. The maximum absolute atomic E-state index is 12.2. The van der Waals surface area contributed by atoms with Crippen LogP contribution in [0.15, 0.2) is 53.1 Å². The van der Waals surface area contributed by atoms with Crippen LogP contribution in [-0.2, 0) is 9.47 Å². The van der Waals surface area contributed by atoms with Crippen LogP contribution in [0, 0.1) is 11.3 Å². The van der Waals surface area contributed by atoms with Crippen molar-refractivity contribution >= 4 is 29.2 Å². The Hall–Kier alpha value is -4.16. The number of anilines is 1. The fraction of sp³-hybridized carbons (Fsp3) is 0.357. The predicted molar refractivity (Wildman–Crippen MR) is 139 cm³/mol. The van der Waals surface area contributed by atoms with Gasteiger partial charge < -0.3 is 24.1 Å². The second kappa shape index (κ2) is 10.8. The second-order valence-electron chi connectivity index (χ2n) is 9.95. The van der Waals surface area contributed by atoms with Crippen molar-refractivity contribution in [3.8, 4) is 17.5 Å². The number of hydrogen-bond acceptors (Lipinski definition) is 8. The van der Waals surface area contributed by atoms with Crippen LogP contribution in [-0.4, -0.2) is 53.7 Å². The minimum Gasteiger partial charge on any atom is -0.444 e. The molecule has 9 heteroatoms. The standard InChI is InChI=1S/C28H30N4O5/c1-18(17-35-23-9-11-32(12-10-23)27(34)37-28(2,3)4)30-22-7-5-20(6-8-22)26-31-24-14-19(15-29)13-21(16-33)25(24)36-26/h5-8,13-14,16,23,30H,1,9-12,17H2,2-4H3. The molecule has 2 aromatic carbocycles. The minimum atomic E-state index is -0.503. The molecule has 192 valence electrons. The van der Waals surface area contributed by atoms with E-state index < -0.39 is 5.60 Å². The summed E-state index contributed by atoms with van der Waals surface area (Å²) >= 11 is 0. The van der Waals surface area contributed by atoms with Gasteiger partial charge in [0.05, 0.1) is 29.9 Å². The highest BCUT2D eigenvalue weighted by molar-refractivity contribution is 5.94. The third-order valence-electron chi connectivity index (χ3n) is 5.81. The molecule has 1 fully saturated rings. The van der Waals surface area contributed by atoms with Crippen molar-refractivity contribution < 1.29 is 23.5 Å². The van der Waals surface area contributed by atoms with E-state index >= 15 is 0 Å². The number of amides is 1. The minimum absolute atomic E-state index is 0.0524. The van der Waals surface area contributed by atoms with E-state index in [1.165, 1.54) is 6.07 Å². The lowest BCUT2D eigenvalue weighted by atomic mass is 10.1. The van der Waals surface area contributed by atoms with Crippen LogP contribution < -0.4 is 5.32 Å².